The lowest BCUT2D eigenvalue weighted by Crippen LogP contribution is -2.26. The number of nitrogen functional groups attached to an aromatic ring is 1. The van der Waals surface area contributed by atoms with Gasteiger partial charge in [0, 0.05) is 17.2 Å². The highest BCUT2D eigenvalue weighted by molar-refractivity contribution is 6.24. The summed E-state index contributed by atoms with van der Waals surface area (Å²) in [6.45, 7) is 0. The van der Waals surface area contributed by atoms with Gasteiger partial charge in [-0.25, -0.2) is 0 Å². The van der Waals surface area contributed by atoms with Gasteiger partial charge in [-0.15, -0.1) is 0 Å². The number of anilines is 2. The summed E-state index contributed by atoms with van der Waals surface area (Å²) in [4.78, 5) is 25.7. The van der Waals surface area contributed by atoms with E-state index in [1.807, 2.05) is 66.7 Å². The van der Waals surface area contributed by atoms with Gasteiger partial charge < -0.3 is 16.4 Å². The minimum Gasteiger partial charge on any atom is -0.397 e. The lowest BCUT2D eigenvalue weighted by Gasteiger charge is -2.11. The monoisotopic (exact) mass is 447 g/mol. The zero-order valence-corrected chi connectivity index (χ0v) is 18.6. The molecule has 1 saturated carbocycles. The molecule has 5 nitrogen and oxygen atoms in total. The normalized spacial score (nSPS) is 13.5. The standard InChI is InChI=1S/C29H25N3O2/c30-26-7-3-4-8-27(26)32-28(33)21-11-9-19(10-12-21)17-25(29(34)31-24-15-16-24)23-14-13-20-5-1-2-6-22(20)18-23/h1-14,17-18,24H,15-16,30H2,(H,31,34)(H,32,33). The Labute approximate surface area is 198 Å². The van der Waals surface area contributed by atoms with Crippen LogP contribution in [0, 0.1) is 0 Å². The van der Waals surface area contributed by atoms with Crippen LogP contribution < -0.4 is 16.4 Å². The third-order valence-electron chi connectivity index (χ3n) is 5.91. The number of hydrogen-bond donors (Lipinski definition) is 3. The highest BCUT2D eigenvalue weighted by Crippen LogP contribution is 2.26. The minimum absolute atomic E-state index is 0.0841. The zero-order chi connectivity index (χ0) is 23.5. The molecule has 0 heterocycles. The van der Waals surface area contributed by atoms with Crippen LogP contribution >= 0.6 is 0 Å². The molecule has 0 bridgehead atoms. The van der Waals surface area contributed by atoms with Crippen LogP contribution in [-0.4, -0.2) is 17.9 Å². The Morgan fingerprint density at radius 1 is 0.794 bits per heavy atom. The third-order valence-corrected chi connectivity index (χ3v) is 5.91. The van der Waals surface area contributed by atoms with Crippen molar-refractivity contribution in [3.8, 4) is 0 Å². The first-order valence-electron chi connectivity index (χ1n) is 11.3. The van der Waals surface area contributed by atoms with Crippen LogP contribution in [0.15, 0.2) is 91.0 Å². The average Bonchev–Trinajstić information content (AvgIpc) is 3.68. The Kier molecular flexibility index (Phi) is 5.83. The summed E-state index contributed by atoms with van der Waals surface area (Å²) >= 11 is 0. The van der Waals surface area contributed by atoms with Crippen molar-refractivity contribution in [2.75, 3.05) is 11.1 Å². The Morgan fingerprint density at radius 2 is 1.47 bits per heavy atom. The molecule has 1 aliphatic rings. The van der Waals surface area contributed by atoms with Crippen LogP contribution in [0.1, 0.15) is 34.3 Å². The van der Waals surface area contributed by atoms with E-state index in [2.05, 4.69) is 16.7 Å². The van der Waals surface area contributed by atoms with Crippen LogP contribution in [-0.2, 0) is 4.79 Å². The Hall–Kier alpha value is -4.38. The molecule has 0 aromatic heterocycles. The lowest BCUT2D eigenvalue weighted by molar-refractivity contribution is -0.115. The van der Waals surface area contributed by atoms with Crippen molar-refractivity contribution in [2.45, 2.75) is 18.9 Å². The van der Waals surface area contributed by atoms with Gasteiger partial charge in [-0.2, -0.15) is 0 Å². The number of para-hydroxylation sites is 2. The molecule has 4 N–H and O–H groups in total. The molecular weight excluding hydrogens is 422 g/mol. The maximum atomic E-state index is 13.1. The Morgan fingerprint density at radius 3 is 2.21 bits per heavy atom. The van der Waals surface area contributed by atoms with Gasteiger partial charge in [0.1, 0.15) is 0 Å². The minimum atomic E-state index is -0.241. The van der Waals surface area contributed by atoms with Gasteiger partial charge in [0.2, 0.25) is 0 Å². The molecule has 4 aromatic carbocycles. The fourth-order valence-electron chi connectivity index (χ4n) is 3.83. The second-order valence-electron chi connectivity index (χ2n) is 8.53. The third kappa shape index (κ3) is 4.84. The molecule has 0 atom stereocenters. The second-order valence-corrected chi connectivity index (χ2v) is 8.53. The Balaban J connectivity index is 1.42. The van der Waals surface area contributed by atoms with E-state index < -0.39 is 0 Å². The van der Waals surface area contributed by atoms with Crippen molar-refractivity contribution >= 4 is 45.6 Å². The van der Waals surface area contributed by atoms with E-state index in [1.54, 1.807) is 24.3 Å². The fraction of sp³-hybridized carbons (Fsp3) is 0.103. The number of carbonyl (C=O) groups is 2. The topological polar surface area (TPSA) is 84.2 Å². The van der Waals surface area contributed by atoms with Crippen LogP contribution in [0.3, 0.4) is 0 Å². The molecule has 168 valence electrons. The molecule has 5 heteroatoms. The summed E-state index contributed by atoms with van der Waals surface area (Å²) in [5.74, 6) is -0.325. The Bertz CT molecular complexity index is 1400. The van der Waals surface area contributed by atoms with E-state index in [0.717, 1.165) is 34.7 Å². The smallest absolute Gasteiger partial charge is 0.255 e. The van der Waals surface area contributed by atoms with Crippen molar-refractivity contribution in [2.24, 2.45) is 0 Å². The van der Waals surface area contributed by atoms with Crippen molar-refractivity contribution in [1.82, 2.24) is 5.32 Å². The summed E-state index contributed by atoms with van der Waals surface area (Å²) in [5.41, 5.74) is 9.82. The number of amides is 2. The molecule has 0 unspecified atom stereocenters. The van der Waals surface area contributed by atoms with E-state index in [4.69, 9.17) is 5.73 Å². The first-order chi connectivity index (χ1) is 16.6. The van der Waals surface area contributed by atoms with Gasteiger partial charge in [-0.05, 0) is 71.1 Å². The number of benzene rings is 4. The summed E-state index contributed by atoms with van der Waals surface area (Å²) < 4.78 is 0. The number of nitrogens with one attached hydrogen (secondary N) is 2. The maximum absolute atomic E-state index is 13.1. The first kappa shape index (κ1) is 21.5. The first-order valence-corrected chi connectivity index (χ1v) is 11.3. The van der Waals surface area contributed by atoms with Crippen LogP contribution in [0.4, 0.5) is 11.4 Å². The van der Waals surface area contributed by atoms with E-state index in [9.17, 15) is 9.59 Å². The van der Waals surface area contributed by atoms with Gasteiger partial charge in [-0.1, -0.05) is 60.7 Å². The summed E-state index contributed by atoms with van der Waals surface area (Å²) in [5, 5.41) is 8.14. The van der Waals surface area contributed by atoms with Crippen molar-refractivity contribution < 1.29 is 9.59 Å². The summed E-state index contributed by atoms with van der Waals surface area (Å²) in [7, 11) is 0. The lowest BCUT2D eigenvalue weighted by atomic mass is 9.98. The van der Waals surface area contributed by atoms with E-state index in [1.165, 1.54) is 0 Å². The number of hydrogen-bond acceptors (Lipinski definition) is 3. The average molecular weight is 448 g/mol. The van der Waals surface area contributed by atoms with Gasteiger partial charge in [-0.3, -0.25) is 9.59 Å². The second kappa shape index (κ2) is 9.24. The van der Waals surface area contributed by atoms with Crippen molar-refractivity contribution in [3.63, 3.8) is 0 Å². The van der Waals surface area contributed by atoms with E-state index in [0.29, 0.717) is 22.5 Å². The fourth-order valence-corrected chi connectivity index (χ4v) is 3.83. The SMILES string of the molecule is Nc1ccccc1NC(=O)c1ccc(C=C(C(=O)NC2CC2)c2ccc3ccccc3c2)cc1. The molecule has 0 spiro atoms. The maximum Gasteiger partial charge on any atom is 0.255 e. The number of carbonyl (C=O) groups excluding carboxylic acids is 2. The molecule has 5 rings (SSSR count). The van der Waals surface area contributed by atoms with Gasteiger partial charge in [0.25, 0.3) is 11.8 Å². The van der Waals surface area contributed by atoms with E-state index in [-0.39, 0.29) is 17.9 Å². The number of rotatable bonds is 6. The molecule has 1 aliphatic carbocycles. The predicted octanol–water partition coefficient (Wildman–Crippen LogP) is 5.49. The van der Waals surface area contributed by atoms with E-state index >= 15 is 0 Å². The molecule has 1 fully saturated rings. The van der Waals surface area contributed by atoms with Crippen molar-refractivity contribution in [3.05, 3.63) is 108 Å². The van der Waals surface area contributed by atoms with Gasteiger partial charge >= 0.3 is 0 Å². The van der Waals surface area contributed by atoms with Crippen molar-refractivity contribution in [1.29, 1.82) is 0 Å². The van der Waals surface area contributed by atoms with Gasteiger partial charge in [0.05, 0.1) is 11.4 Å². The van der Waals surface area contributed by atoms with Crippen LogP contribution in [0.2, 0.25) is 0 Å². The number of nitrogens with two attached hydrogens (primary N) is 1. The quantitative estimate of drug-likeness (QED) is 0.207. The molecular formula is C29H25N3O2. The predicted molar refractivity (Wildman–Crippen MR) is 138 cm³/mol. The molecule has 4 aromatic rings. The molecule has 0 aliphatic heterocycles. The highest BCUT2D eigenvalue weighted by atomic mass is 16.2. The summed E-state index contributed by atoms with van der Waals surface area (Å²) in [6, 6.07) is 28.7. The van der Waals surface area contributed by atoms with Crippen LogP contribution in [0.5, 0.6) is 0 Å². The molecule has 0 radical (unpaired) electrons. The van der Waals surface area contributed by atoms with Crippen LogP contribution in [0.25, 0.3) is 22.4 Å². The molecule has 34 heavy (non-hydrogen) atoms. The summed E-state index contributed by atoms with van der Waals surface area (Å²) in [6.07, 6.45) is 3.91. The van der Waals surface area contributed by atoms with Gasteiger partial charge in [0.15, 0.2) is 0 Å². The highest BCUT2D eigenvalue weighted by Gasteiger charge is 2.25. The molecule has 2 amide bonds. The largest absolute Gasteiger partial charge is 0.397 e. The zero-order valence-electron chi connectivity index (χ0n) is 18.6. The molecule has 0 saturated heterocycles. The number of fused-ring (bicyclic) bond motifs is 1.